The molecule has 0 spiro atoms. The van der Waals surface area contributed by atoms with Gasteiger partial charge in [0.25, 0.3) is 5.56 Å². The van der Waals surface area contributed by atoms with E-state index in [0.717, 1.165) is 47.0 Å². The summed E-state index contributed by atoms with van der Waals surface area (Å²) in [6.45, 7) is 2.11. The Kier molecular flexibility index (Phi) is 6.29. The van der Waals surface area contributed by atoms with Crippen LogP contribution >= 0.6 is 11.3 Å². The highest BCUT2D eigenvalue weighted by Crippen LogP contribution is 2.33. The normalized spacial score (nSPS) is 12.7. The number of nitrogens with zero attached hydrogens (tertiary/aromatic N) is 4. The first-order valence-corrected chi connectivity index (χ1v) is 12.3. The minimum Gasteiger partial charge on any atom is -0.438 e. The van der Waals surface area contributed by atoms with Crippen LogP contribution in [0.25, 0.3) is 10.2 Å². The van der Waals surface area contributed by atoms with Crippen molar-refractivity contribution < 1.29 is 9.53 Å². The molecule has 0 aliphatic heterocycles. The van der Waals surface area contributed by atoms with Gasteiger partial charge in [0, 0.05) is 29.7 Å². The smallest absolute Gasteiger partial charge is 0.262 e. The first-order valence-electron chi connectivity index (χ1n) is 11.5. The van der Waals surface area contributed by atoms with E-state index in [2.05, 4.69) is 15.3 Å². The molecule has 0 bridgehead atoms. The number of thiophene rings is 1. The number of nitriles is 1. The van der Waals surface area contributed by atoms with Crippen LogP contribution < -0.4 is 15.6 Å². The summed E-state index contributed by atoms with van der Waals surface area (Å²) in [4.78, 5) is 36.4. The maximum absolute atomic E-state index is 13.1. The highest BCUT2D eigenvalue weighted by molar-refractivity contribution is 7.18. The third-order valence-electron chi connectivity index (χ3n) is 6.10. The van der Waals surface area contributed by atoms with E-state index >= 15 is 0 Å². The Bertz CT molecular complexity index is 1530. The minimum atomic E-state index is -0.197. The van der Waals surface area contributed by atoms with Crippen LogP contribution in [0, 0.1) is 18.3 Å². The molecule has 4 aromatic rings. The molecule has 3 aromatic heterocycles. The van der Waals surface area contributed by atoms with Crippen molar-refractivity contribution in [2.24, 2.45) is 0 Å². The highest BCUT2D eigenvalue weighted by atomic mass is 32.1. The van der Waals surface area contributed by atoms with Crippen molar-refractivity contribution in [2.75, 3.05) is 5.32 Å². The lowest BCUT2D eigenvalue weighted by Crippen LogP contribution is -2.24. The van der Waals surface area contributed by atoms with Gasteiger partial charge in [-0.15, -0.1) is 11.3 Å². The monoisotopic (exact) mass is 485 g/mol. The number of rotatable bonds is 6. The summed E-state index contributed by atoms with van der Waals surface area (Å²) in [7, 11) is 0. The van der Waals surface area contributed by atoms with Gasteiger partial charge in [-0.3, -0.25) is 14.2 Å². The topological polar surface area (TPSA) is 110 Å². The molecule has 0 unspecified atom stereocenters. The molecule has 1 N–H and O–H groups in total. The first-order chi connectivity index (χ1) is 17.0. The van der Waals surface area contributed by atoms with Crippen LogP contribution in [0.1, 0.15) is 40.8 Å². The molecule has 0 saturated heterocycles. The summed E-state index contributed by atoms with van der Waals surface area (Å²) in [5.74, 6) is 0.549. The predicted molar refractivity (Wildman–Crippen MR) is 134 cm³/mol. The van der Waals surface area contributed by atoms with Crippen molar-refractivity contribution in [3.05, 3.63) is 74.8 Å². The molecular weight excluding hydrogens is 462 g/mol. The fraction of sp³-hybridized carbons (Fsp3) is 0.269. The van der Waals surface area contributed by atoms with E-state index in [1.165, 1.54) is 9.44 Å². The largest absolute Gasteiger partial charge is 0.438 e. The summed E-state index contributed by atoms with van der Waals surface area (Å²) in [5, 5.41) is 12.8. The van der Waals surface area contributed by atoms with Gasteiger partial charge in [-0.2, -0.15) is 5.26 Å². The molecule has 1 aromatic carbocycles. The van der Waals surface area contributed by atoms with Crippen LogP contribution in [0.3, 0.4) is 0 Å². The van der Waals surface area contributed by atoms with Crippen molar-refractivity contribution in [1.29, 1.82) is 5.26 Å². The van der Waals surface area contributed by atoms with E-state index in [1.54, 1.807) is 54.2 Å². The van der Waals surface area contributed by atoms with Crippen LogP contribution in [-0.2, 0) is 24.2 Å². The number of ether oxygens (including phenoxy) is 1. The van der Waals surface area contributed by atoms with Crippen LogP contribution in [0.4, 0.5) is 5.69 Å². The zero-order chi connectivity index (χ0) is 24.4. The number of hydrogen-bond donors (Lipinski definition) is 1. The summed E-state index contributed by atoms with van der Waals surface area (Å²) >= 11 is 1.62. The molecule has 8 nitrogen and oxygen atoms in total. The fourth-order valence-electron chi connectivity index (χ4n) is 4.28. The minimum absolute atomic E-state index is 0.0638. The van der Waals surface area contributed by atoms with Crippen molar-refractivity contribution >= 4 is 33.1 Å². The summed E-state index contributed by atoms with van der Waals surface area (Å²) in [6, 6.07) is 10.6. The Morgan fingerprint density at radius 2 is 2.11 bits per heavy atom. The Morgan fingerprint density at radius 3 is 2.94 bits per heavy atom. The molecule has 0 fully saturated rings. The molecule has 9 heteroatoms. The quantitative estimate of drug-likeness (QED) is 0.423. The molecule has 1 aliphatic carbocycles. The van der Waals surface area contributed by atoms with E-state index in [0.29, 0.717) is 17.0 Å². The molecule has 35 heavy (non-hydrogen) atoms. The van der Waals surface area contributed by atoms with Gasteiger partial charge >= 0.3 is 0 Å². The number of pyridine rings is 1. The van der Waals surface area contributed by atoms with Crippen LogP contribution in [0.2, 0.25) is 0 Å². The van der Waals surface area contributed by atoms with E-state index < -0.39 is 0 Å². The zero-order valence-corrected chi connectivity index (χ0v) is 20.0. The number of amides is 1. The average Bonchev–Trinajstić information content (AvgIpc) is 3.25. The van der Waals surface area contributed by atoms with Gasteiger partial charge in [0.15, 0.2) is 0 Å². The summed E-state index contributed by atoms with van der Waals surface area (Å²) in [5.41, 5.74) is 2.88. The second kappa shape index (κ2) is 9.68. The summed E-state index contributed by atoms with van der Waals surface area (Å²) in [6.07, 6.45) is 7.45. The van der Waals surface area contributed by atoms with E-state index in [9.17, 15) is 14.9 Å². The van der Waals surface area contributed by atoms with Gasteiger partial charge in [-0.25, -0.2) is 9.97 Å². The van der Waals surface area contributed by atoms with E-state index in [4.69, 9.17) is 4.74 Å². The number of anilines is 1. The Morgan fingerprint density at radius 1 is 1.26 bits per heavy atom. The maximum Gasteiger partial charge on any atom is 0.262 e. The third kappa shape index (κ3) is 4.66. The van der Waals surface area contributed by atoms with E-state index in [1.807, 2.05) is 13.0 Å². The average molecular weight is 486 g/mol. The number of nitrogens with one attached hydrogen (secondary N) is 1. The predicted octanol–water partition coefficient (Wildman–Crippen LogP) is 4.73. The van der Waals surface area contributed by atoms with Gasteiger partial charge in [-0.05, 0) is 74.1 Å². The van der Waals surface area contributed by atoms with Crippen molar-refractivity contribution in [3.8, 4) is 17.7 Å². The van der Waals surface area contributed by atoms with Gasteiger partial charge in [0.2, 0.25) is 11.8 Å². The lowest BCUT2D eigenvalue weighted by atomic mass is 9.97. The van der Waals surface area contributed by atoms with Crippen molar-refractivity contribution in [1.82, 2.24) is 14.5 Å². The number of aryl methyl sites for hydroxylation is 4. The number of fused-ring (bicyclic) bond motifs is 3. The molecule has 0 saturated carbocycles. The van der Waals surface area contributed by atoms with Gasteiger partial charge in [0.05, 0.1) is 11.7 Å². The van der Waals surface area contributed by atoms with Gasteiger partial charge in [-0.1, -0.05) is 0 Å². The second-order valence-electron chi connectivity index (χ2n) is 8.48. The van der Waals surface area contributed by atoms with Gasteiger partial charge < -0.3 is 10.1 Å². The second-order valence-corrected chi connectivity index (χ2v) is 9.56. The van der Waals surface area contributed by atoms with Crippen LogP contribution in [0.5, 0.6) is 11.6 Å². The Hall–Kier alpha value is -4.03. The Balaban J connectivity index is 1.25. The third-order valence-corrected chi connectivity index (χ3v) is 7.30. The van der Waals surface area contributed by atoms with Crippen LogP contribution in [-0.4, -0.2) is 20.4 Å². The van der Waals surface area contributed by atoms with Crippen molar-refractivity contribution in [3.63, 3.8) is 0 Å². The lowest BCUT2D eigenvalue weighted by Gasteiger charge is -2.12. The molecule has 1 aliphatic rings. The molecule has 0 radical (unpaired) electrons. The Labute approximate surface area is 205 Å². The number of hydrogen-bond acceptors (Lipinski definition) is 7. The number of aromatic nitrogens is 3. The molecule has 5 rings (SSSR count). The maximum atomic E-state index is 13.1. The number of benzene rings is 1. The molecular formula is C26H23N5O3S. The summed E-state index contributed by atoms with van der Waals surface area (Å²) < 4.78 is 7.27. The molecule has 3 heterocycles. The van der Waals surface area contributed by atoms with Crippen molar-refractivity contribution in [2.45, 2.75) is 45.6 Å². The van der Waals surface area contributed by atoms with E-state index in [-0.39, 0.29) is 30.3 Å². The first kappa shape index (κ1) is 22.7. The zero-order valence-electron chi connectivity index (χ0n) is 19.2. The number of carbonyl (C=O) groups excluding carboxylic acids is 1. The van der Waals surface area contributed by atoms with Crippen LogP contribution in [0.15, 0.2) is 47.7 Å². The molecule has 1 amide bonds. The SMILES string of the molecule is Cc1cc(Oc2ncccc2C#N)ccc1NC(=O)CCn1cnc2sc3c(c2c1=O)CCCC3. The highest BCUT2D eigenvalue weighted by Gasteiger charge is 2.20. The van der Waals surface area contributed by atoms with Gasteiger partial charge in [0.1, 0.15) is 22.2 Å². The standard InChI is InChI=1S/C26H23N5O3S/c1-16-13-18(34-24-17(14-27)5-4-11-28-24)8-9-20(16)30-22(32)10-12-31-15-29-25-23(26(31)33)19-6-2-3-7-21(19)35-25/h4-5,8-9,11,13,15H,2-3,6-7,10,12H2,1H3,(H,30,32). The molecule has 0 atom stereocenters. The lowest BCUT2D eigenvalue weighted by molar-refractivity contribution is -0.116. The fourth-order valence-corrected chi connectivity index (χ4v) is 5.50. The molecule has 176 valence electrons. The number of carbonyl (C=O) groups is 1.